The molecule has 1 aliphatic rings. The SMILES string of the molecule is CCC(CC#N)NC(=O)C1CCCCC1C(F)(F)F. The van der Waals surface area contributed by atoms with Crippen LogP contribution in [0.3, 0.4) is 0 Å². The van der Waals surface area contributed by atoms with Crippen molar-refractivity contribution in [1.29, 1.82) is 5.26 Å². The number of alkyl halides is 3. The van der Waals surface area contributed by atoms with Crippen molar-refractivity contribution in [1.82, 2.24) is 5.32 Å². The molecule has 0 aromatic heterocycles. The van der Waals surface area contributed by atoms with E-state index >= 15 is 0 Å². The minimum absolute atomic E-state index is 0.0244. The molecular weight excluding hydrogens is 257 g/mol. The zero-order valence-electron chi connectivity index (χ0n) is 11.0. The lowest BCUT2D eigenvalue weighted by Crippen LogP contribution is -2.45. The van der Waals surface area contributed by atoms with E-state index in [4.69, 9.17) is 5.26 Å². The third-order valence-electron chi connectivity index (χ3n) is 3.70. The first kappa shape index (κ1) is 15.8. The van der Waals surface area contributed by atoms with E-state index in [-0.39, 0.29) is 25.3 Å². The van der Waals surface area contributed by atoms with Gasteiger partial charge in [-0.2, -0.15) is 18.4 Å². The number of rotatable bonds is 4. The third-order valence-corrected chi connectivity index (χ3v) is 3.70. The van der Waals surface area contributed by atoms with E-state index in [0.29, 0.717) is 19.3 Å². The maximum Gasteiger partial charge on any atom is 0.392 e. The number of carbonyl (C=O) groups excluding carboxylic acids is 1. The summed E-state index contributed by atoms with van der Waals surface area (Å²) in [6.07, 6.45) is -2.17. The summed E-state index contributed by atoms with van der Waals surface area (Å²) in [5.74, 6) is -3.09. The molecule has 0 saturated heterocycles. The number of hydrogen-bond acceptors (Lipinski definition) is 2. The summed E-state index contributed by atoms with van der Waals surface area (Å²) in [6.45, 7) is 1.80. The largest absolute Gasteiger partial charge is 0.392 e. The highest BCUT2D eigenvalue weighted by Gasteiger charge is 2.48. The minimum atomic E-state index is -4.32. The third kappa shape index (κ3) is 4.41. The smallest absolute Gasteiger partial charge is 0.352 e. The lowest BCUT2D eigenvalue weighted by Gasteiger charge is -2.32. The summed E-state index contributed by atoms with van der Waals surface area (Å²) < 4.78 is 38.7. The van der Waals surface area contributed by atoms with Gasteiger partial charge in [0.2, 0.25) is 5.91 Å². The Balaban J connectivity index is 2.70. The number of nitriles is 1. The minimum Gasteiger partial charge on any atom is -0.352 e. The second-order valence-corrected chi connectivity index (χ2v) is 5.02. The van der Waals surface area contributed by atoms with Crippen LogP contribution < -0.4 is 5.32 Å². The first-order valence-electron chi connectivity index (χ1n) is 6.64. The topological polar surface area (TPSA) is 52.9 Å². The van der Waals surface area contributed by atoms with Crippen molar-refractivity contribution in [3.63, 3.8) is 0 Å². The molecule has 0 aromatic carbocycles. The zero-order valence-corrected chi connectivity index (χ0v) is 11.0. The quantitative estimate of drug-likeness (QED) is 0.857. The summed E-state index contributed by atoms with van der Waals surface area (Å²) in [6, 6.07) is 1.58. The molecule has 0 radical (unpaired) electrons. The van der Waals surface area contributed by atoms with Crippen molar-refractivity contribution in [2.75, 3.05) is 0 Å². The summed E-state index contributed by atoms with van der Waals surface area (Å²) in [4.78, 5) is 12.0. The fraction of sp³-hybridized carbons (Fsp3) is 0.846. The summed E-state index contributed by atoms with van der Waals surface area (Å²) in [5.41, 5.74) is 0. The highest BCUT2D eigenvalue weighted by Crippen LogP contribution is 2.41. The Labute approximate surface area is 111 Å². The van der Waals surface area contributed by atoms with E-state index in [9.17, 15) is 18.0 Å². The van der Waals surface area contributed by atoms with Crippen LogP contribution in [0.5, 0.6) is 0 Å². The second kappa shape index (κ2) is 6.78. The van der Waals surface area contributed by atoms with Gasteiger partial charge in [-0.1, -0.05) is 19.8 Å². The molecule has 3 atom stereocenters. The molecule has 108 valence electrons. The van der Waals surface area contributed by atoms with Gasteiger partial charge in [-0.25, -0.2) is 0 Å². The molecule has 0 aromatic rings. The maximum atomic E-state index is 12.9. The van der Waals surface area contributed by atoms with Crippen molar-refractivity contribution < 1.29 is 18.0 Å². The van der Waals surface area contributed by atoms with Crippen LogP contribution >= 0.6 is 0 Å². The van der Waals surface area contributed by atoms with Crippen LogP contribution in [0.25, 0.3) is 0 Å². The van der Waals surface area contributed by atoms with Gasteiger partial charge in [-0.3, -0.25) is 4.79 Å². The van der Waals surface area contributed by atoms with Gasteiger partial charge in [0.25, 0.3) is 0 Å². The van der Waals surface area contributed by atoms with E-state index < -0.39 is 23.9 Å². The number of nitrogens with zero attached hydrogens (tertiary/aromatic N) is 1. The van der Waals surface area contributed by atoms with Gasteiger partial charge in [0, 0.05) is 12.0 Å². The Hall–Kier alpha value is -1.25. The predicted octanol–water partition coefficient (Wildman–Crippen LogP) is 3.16. The molecule has 1 rings (SSSR count). The standard InChI is InChI=1S/C13H19F3N2O/c1-2-9(7-8-17)18-12(19)10-5-3-4-6-11(10)13(14,15)16/h9-11H,2-7H2,1H3,(H,18,19). The molecule has 0 bridgehead atoms. The molecule has 1 N–H and O–H groups in total. The van der Waals surface area contributed by atoms with Gasteiger partial charge < -0.3 is 5.32 Å². The van der Waals surface area contributed by atoms with Gasteiger partial charge in [-0.15, -0.1) is 0 Å². The molecule has 1 aliphatic carbocycles. The van der Waals surface area contributed by atoms with Crippen molar-refractivity contribution >= 4 is 5.91 Å². The number of hydrogen-bond donors (Lipinski definition) is 1. The molecule has 3 unspecified atom stereocenters. The predicted molar refractivity (Wildman–Crippen MR) is 64.0 cm³/mol. The van der Waals surface area contributed by atoms with Crippen LogP contribution in [0.4, 0.5) is 13.2 Å². The van der Waals surface area contributed by atoms with Crippen LogP contribution in [-0.4, -0.2) is 18.1 Å². The molecule has 0 aliphatic heterocycles. The van der Waals surface area contributed by atoms with Gasteiger partial charge >= 0.3 is 6.18 Å². The van der Waals surface area contributed by atoms with Gasteiger partial charge in [0.1, 0.15) is 0 Å². The number of carbonyl (C=O) groups is 1. The van der Waals surface area contributed by atoms with E-state index in [0.717, 1.165) is 0 Å². The van der Waals surface area contributed by atoms with Gasteiger partial charge in [0.15, 0.2) is 0 Å². The average Bonchev–Trinajstić information content (AvgIpc) is 2.37. The first-order valence-corrected chi connectivity index (χ1v) is 6.64. The lowest BCUT2D eigenvalue weighted by molar-refractivity contribution is -0.198. The normalized spacial score (nSPS) is 25.4. The summed E-state index contributed by atoms with van der Waals surface area (Å²) in [7, 11) is 0. The van der Waals surface area contributed by atoms with Crippen LogP contribution in [0.1, 0.15) is 45.4 Å². The molecule has 0 heterocycles. The number of amides is 1. The summed E-state index contributed by atoms with van der Waals surface area (Å²) in [5, 5.41) is 11.2. The molecule has 0 spiro atoms. The van der Waals surface area contributed by atoms with Crippen molar-refractivity contribution in [2.45, 2.75) is 57.7 Å². The first-order chi connectivity index (χ1) is 8.90. The van der Waals surface area contributed by atoms with Crippen LogP contribution in [0.15, 0.2) is 0 Å². The average molecular weight is 276 g/mol. The monoisotopic (exact) mass is 276 g/mol. The Morgan fingerprint density at radius 1 is 1.42 bits per heavy atom. The Bertz CT molecular complexity index is 349. The molecule has 19 heavy (non-hydrogen) atoms. The summed E-state index contributed by atoms with van der Waals surface area (Å²) >= 11 is 0. The number of halogens is 3. The highest BCUT2D eigenvalue weighted by atomic mass is 19.4. The van der Waals surface area contributed by atoms with Crippen LogP contribution in [-0.2, 0) is 4.79 Å². The van der Waals surface area contributed by atoms with Crippen molar-refractivity contribution in [3.8, 4) is 6.07 Å². The highest BCUT2D eigenvalue weighted by molar-refractivity contribution is 5.79. The van der Waals surface area contributed by atoms with E-state index in [2.05, 4.69) is 5.32 Å². The van der Waals surface area contributed by atoms with Crippen molar-refractivity contribution in [3.05, 3.63) is 0 Å². The van der Waals surface area contributed by atoms with Crippen LogP contribution in [0.2, 0.25) is 0 Å². The number of nitrogens with one attached hydrogen (secondary N) is 1. The van der Waals surface area contributed by atoms with Crippen LogP contribution in [0, 0.1) is 23.2 Å². The fourth-order valence-corrected chi connectivity index (χ4v) is 2.55. The molecule has 1 amide bonds. The van der Waals surface area contributed by atoms with E-state index in [1.54, 1.807) is 6.92 Å². The zero-order chi connectivity index (χ0) is 14.5. The molecule has 1 saturated carbocycles. The Morgan fingerprint density at radius 3 is 2.58 bits per heavy atom. The van der Waals surface area contributed by atoms with Gasteiger partial charge in [-0.05, 0) is 19.3 Å². The lowest BCUT2D eigenvalue weighted by atomic mass is 9.78. The Morgan fingerprint density at radius 2 is 2.05 bits per heavy atom. The van der Waals surface area contributed by atoms with E-state index in [1.165, 1.54) is 0 Å². The molecule has 1 fully saturated rings. The van der Waals surface area contributed by atoms with Crippen molar-refractivity contribution in [2.24, 2.45) is 11.8 Å². The van der Waals surface area contributed by atoms with Gasteiger partial charge in [0.05, 0.1) is 18.4 Å². The maximum absolute atomic E-state index is 12.9. The Kier molecular flexibility index (Phi) is 5.64. The molecular formula is C13H19F3N2O. The fourth-order valence-electron chi connectivity index (χ4n) is 2.55. The molecule has 6 heteroatoms. The second-order valence-electron chi connectivity index (χ2n) is 5.02. The van der Waals surface area contributed by atoms with E-state index in [1.807, 2.05) is 6.07 Å². The molecule has 3 nitrogen and oxygen atoms in total.